The van der Waals surface area contributed by atoms with Crippen molar-refractivity contribution in [1.29, 1.82) is 0 Å². The quantitative estimate of drug-likeness (QED) is 0.866. The maximum Gasteiger partial charge on any atom is 0.0564 e. The molecule has 3 nitrogen and oxygen atoms in total. The Kier molecular flexibility index (Phi) is 5.00. The van der Waals surface area contributed by atoms with Gasteiger partial charge in [0, 0.05) is 31.5 Å². The third kappa shape index (κ3) is 3.98. The summed E-state index contributed by atoms with van der Waals surface area (Å²) in [6, 6.07) is 4.24. The number of nitrogens with one attached hydrogen (secondary N) is 1. The average molecular weight is 247 g/mol. The smallest absolute Gasteiger partial charge is 0.0564 e. The highest BCUT2D eigenvalue weighted by molar-refractivity contribution is 5.43. The molecule has 1 saturated heterocycles. The Morgan fingerprint density at radius 2 is 2.39 bits per heavy atom. The van der Waals surface area contributed by atoms with E-state index < -0.39 is 0 Å². The summed E-state index contributed by atoms with van der Waals surface area (Å²) in [5.74, 6) is 0.833. The summed E-state index contributed by atoms with van der Waals surface area (Å²) < 4.78 is 0. The molecule has 1 atom stereocenters. The third-order valence-electron chi connectivity index (χ3n) is 3.52. The van der Waals surface area contributed by atoms with Crippen LogP contribution in [0.4, 0.5) is 5.69 Å². The molecule has 0 aliphatic carbocycles. The number of pyridine rings is 1. The van der Waals surface area contributed by atoms with Crippen molar-refractivity contribution in [3.63, 3.8) is 0 Å². The first-order valence-corrected chi connectivity index (χ1v) is 7.19. The molecule has 0 spiro atoms. The van der Waals surface area contributed by atoms with E-state index in [0.29, 0.717) is 0 Å². The minimum Gasteiger partial charge on any atom is -0.385 e. The van der Waals surface area contributed by atoms with Crippen molar-refractivity contribution >= 4 is 5.69 Å². The third-order valence-corrected chi connectivity index (χ3v) is 3.52. The fourth-order valence-corrected chi connectivity index (χ4v) is 2.60. The number of hydrogen-bond acceptors (Lipinski definition) is 3. The van der Waals surface area contributed by atoms with Crippen LogP contribution in [0.5, 0.6) is 0 Å². The van der Waals surface area contributed by atoms with Gasteiger partial charge in [-0.3, -0.25) is 9.88 Å². The molecule has 1 aliphatic heterocycles. The van der Waals surface area contributed by atoms with E-state index in [0.717, 1.165) is 25.4 Å². The predicted molar refractivity (Wildman–Crippen MR) is 76.7 cm³/mol. The molecule has 1 fully saturated rings. The molecule has 2 rings (SSSR count). The molecule has 0 aromatic carbocycles. The van der Waals surface area contributed by atoms with Gasteiger partial charge in [0.15, 0.2) is 0 Å². The van der Waals surface area contributed by atoms with Gasteiger partial charge in [0.05, 0.1) is 5.69 Å². The topological polar surface area (TPSA) is 28.2 Å². The second-order valence-corrected chi connectivity index (χ2v) is 5.45. The van der Waals surface area contributed by atoms with E-state index >= 15 is 0 Å². The first kappa shape index (κ1) is 13.3. The molecule has 1 unspecified atom stereocenters. The van der Waals surface area contributed by atoms with Crippen LogP contribution in [0.2, 0.25) is 0 Å². The molecule has 1 aromatic rings. The van der Waals surface area contributed by atoms with Crippen LogP contribution < -0.4 is 5.32 Å². The molecule has 1 aromatic heterocycles. The normalized spacial score (nSPS) is 20.9. The van der Waals surface area contributed by atoms with Crippen molar-refractivity contribution in [2.45, 2.75) is 39.7 Å². The first-order chi connectivity index (χ1) is 8.78. The average Bonchev–Trinajstić information content (AvgIpc) is 2.37. The molecule has 1 N–H and O–H groups in total. The number of nitrogens with zero attached hydrogens (tertiary/aromatic N) is 2. The lowest BCUT2D eigenvalue weighted by molar-refractivity contribution is 0.175. The molecule has 0 saturated carbocycles. The lowest BCUT2D eigenvalue weighted by atomic mass is 10.0. The largest absolute Gasteiger partial charge is 0.385 e. The Morgan fingerprint density at radius 3 is 3.17 bits per heavy atom. The van der Waals surface area contributed by atoms with Crippen LogP contribution >= 0.6 is 0 Å². The van der Waals surface area contributed by atoms with E-state index in [9.17, 15) is 0 Å². The zero-order valence-electron chi connectivity index (χ0n) is 11.7. The second-order valence-electron chi connectivity index (χ2n) is 5.45. The highest BCUT2D eigenvalue weighted by Crippen LogP contribution is 2.18. The maximum atomic E-state index is 4.48. The minimum absolute atomic E-state index is 0.833. The predicted octanol–water partition coefficient (Wildman–Crippen LogP) is 3.14. The number of likely N-dealkylation sites (tertiary alicyclic amines) is 1. The molecule has 0 radical (unpaired) electrons. The van der Waals surface area contributed by atoms with Crippen LogP contribution in [0.3, 0.4) is 0 Å². The Morgan fingerprint density at radius 1 is 1.50 bits per heavy atom. The molecular formula is C15H25N3. The van der Waals surface area contributed by atoms with E-state index in [1.54, 1.807) is 0 Å². The second kappa shape index (κ2) is 6.74. The monoisotopic (exact) mass is 247 g/mol. The van der Waals surface area contributed by atoms with E-state index in [4.69, 9.17) is 0 Å². The Hall–Kier alpha value is -1.09. The van der Waals surface area contributed by atoms with Crippen molar-refractivity contribution in [3.05, 3.63) is 24.0 Å². The molecule has 0 amide bonds. The number of hydrogen-bond donors (Lipinski definition) is 1. The van der Waals surface area contributed by atoms with Crippen LogP contribution in [0.15, 0.2) is 18.3 Å². The summed E-state index contributed by atoms with van der Waals surface area (Å²) in [6.45, 7) is 8.99. The summed E-state index contributed by atoms with van der Waals surface area (Å²) in [5.41, 5.74) is 2.39. The summed E-state index contributed by atoms with van der Waals surface area (Å²) in [6.07, 6.45) is 5.78. The molecule has 3 heteroatoms. The number of anilines is 1. The summed E-state index contributed by atoms with van der Waals surface area (Å²) in [5, 5.41) is 3.42. The molecular weight excluding hydrogens is 222 g/mol. The maximum absolute atomic E-state index is 4.48. The summed E-state index contributed by atoms with van der Waals surface area (Å²) >= 11 is 0. The van der Waals surface area contributed by atoms with Gasteiger partial charge < -0.3 is 5.32 Å². The standard InChI is InChI=1S/C15H25N3/c1-3-7-16-14-6-8-17-15(10-14)12-18-9-4-5-13(2)11-18/h6,8,10,13H,3-5,7,9,11-12H2,1-2H3,(H,16,17). The van der Waals surface area contributed by atoms with Gasteiger partial charge in [-0.25, -0.2) is 0 Å². The molecule has 2 heterocycles. The molecule has 18 heavy (non-hydrogen) atoms. The number of rotatable bonds is 5. The zero-order valence-corrected chi connectivity index (χ0v) is 11.7. The van der Waals surface area contributed by atoms with Crippen molar-refractivity contribution < 1.29 is 0 Å². The number of aromatic nitrogens is 1. The molecule has 1 aliphatic rings. The fraction of sp³-hybridized carbons (Fsp3) is 0.667. The van der Waals surface area contributed by atoms with Crippen molar-refractivity contribution in [1.82, 2.24) is 9.88 Å². The van der Waals surface area contributed by atoms with Crippen LogP contribution in [-0.2, 0) is 6.54 Å². The van der Waals surface area contributed by atoms with Crippen molar-refractivity contribution in [3.8, 4) is 0 Å². The highest BCUT2D eigenvalue weighted by atomic mass is 15.1. The summed E-state index contributed by atoms with van der Waals surface area (Å²) in [4.78, 5) is 7.01. The van der Waals surface area contributed by atoms with Gasteiger partial charge in [-0.2, -0.15) is 0 Å². The Labute approximate surface area is 111 Å². The van der Waals surface area contributed by atoms with Gasteiger partial charge in [0.2, 0.25) is 0 Å². The Bertz CT molecular complexity index is 365. The molecule has 0 bridgehead atoms. The fourth-order valence-electron chi connectivity index (χ4n) is 2.60. The number of piperidine rings is 1. The lowest BCUT2D eigenvalue weighted by Gasteiger charge is -2.30. The van der Waals surface area contributed by atoms with E-state index in [1.165, 1.54) is 37.3 Å². The van der Waals surface area contributed by atoms with Crippen LogP contribution in [0.1, 0.15) is 38.8 Å². The minimum atomic E-state index is 0.833. The summed E-state index contributed by atoms with van der Waals surface area (Å²) in [7, 11) is 0. The first-order valence-electron chi connectivity index (χ1n) is 7.19. The van der Waals surface area contributed by atoms with Gasteiger partial charge in [-0.15, -0.1) is 0 Å². The van der Waals surface area contributed by atoms with Gasteiger partial charge in [-0.05, 0) is 43.9 Å². The molecule has 100 valence electrons. The zero-order chi connectivity index (χ0) is 12.8. The van der Waals surface area contributed by atoms with Crippen LogP contribution in [-0.4, -0.2) is 29.5 Å². The van der Waals surface area contributed by atoms with Crippen LogP contribution in [0, 0.1) is 5.92 Å². The lowest BCUT2D eigenvalue weighted by Crippen LogP contribution is -2.33. The van der Waals surface area contributed by atoms with Gasteiger partial charge >= 0.3 is 0 Å². The van der Waals surface area contributed by atoms with Gasteiger partial charge in [0.25, 0.3) is 0 Å². The van der Waals surface area contributed by atoms with Crippen LogP contribution in [0.25, 0.3) is 0 Å². The van der Waals surface area contributed by atoms with Crippen molar-refractivity contribution in [2.75, 3.05) is 25.0 Å². The SMILES string of the molecule is CCCNc1ccnc(CN2CCCC(C)C2)c1. The van der Waals surface area contributed by atoms with Gasteiger partial charge in [0.1, 0.15) is 0 Å². The van der Waals surface area contributed by atoms with E-state index in [2.05, 4.69) is 41.2 Å². The highest BCUT2D eigenvalue weighted by Gasteiger charge is 2.16. The Balaban J connectivity index is 1.91. The van der Waals surface area contributed by atoms with Gasteiger partial charge in [-0.1, -0.05) is 13.8 Å². The van der Waals surface area contributed by atoms with E-state index in [1.807, 2.05) is 6.20 Å². The van der Waals surface area contributed by atoms with E-state index in [-0.39, 0.29) is 0 Å². The van der Waals surface area contributed by atoms with Crippen molar-refractivity contribution in [2.24, 2.45) is 5.92 Å².